The molecule has 2 aliphatic rings. The second-order valence-corrected chi connectivity index (χ2v) is 17.3. The smallest absolute Gasteiger partial charge is 0.317 e. The Bertz CT molecular complexity index is 2450. The van der Waals surface area contributed by atoms with Crippen molar-refractivity contribution in [2.45, 2.75) is 148 Å². The molecule has 6 atom stereocenters. The van der Waals surface area contributed by atoms with Crippen LogP contribution in [0.3, 0.4) is 0 Å². The minimum atomic E-state index is -1.66. The van der Waals surface area contributed by atoms with E-state index in [0.717, 1.165) is 62.4 Å². The molecular formula is C46H65BrN4O12. The Morgan fingerprint density at radius 3 is 1.41 bits per heavy atom. The SMILES string of the molecule is BrCC=C1CCCCC1.Cc1cc2[nH]c(=O)c(=O)n(C[C@H](O)[C@H](O)[C@H](O)CO)c2cc1C.Cc1cc2c(cc1C)n(C[C@H](O)[C@H](O)[C@H](O)CO)c(=O)c(=O)n2CC=C1CCCCC1. The summed E-state index contributed by atoms with van der Waals surface area (Å²) in [6.45, 7) is 5.59. The Balaban J connectivity index is 0.000000237. The van der Waals surface area contributed by atoms with Crippen LogP contribution in [0.2, 0.25) is 0 Å². The summed E-state index contributed by atoms with van der Waals surface area (Å²) in [7, 11) is 0. The molecule has 0 unspecified atom stereocenters. The van der Waals surface area contributed by atoms with Crippen LogP contribution in [0.15, 0.2) is 66.7 Å². The zero-order chi connectivity index (χ0) is 46.5. The van der Waals surface area contributed by atoms with E-state index in [4.69, 9.17) is 10.2 Å². The van der Waals surface area contributed by atoms with E-state index < -0.39 is 72.1 Å². The number of aliphatic hydroxyl groups excluding tert-OH is 8. The van der Waals surface area contributed by atoms with Crippen molar-refractivity contribution in [1.29, 1.82) is 0 Å². The maximum absolute atomic E-state index is 13.0. The molecule has 6 rings (SSSR count). The van der Waals surface area contributed by atoms with Crippen molar-refractivity contribution in [1.82, 2.24) is 18.7 Å². The molecule has 2 aromatic carbocycles. The van der Waals surface area contributed by atoms with Crippen LogP contribution in [0.25, 0.3) is 22.1 Å². The number of H-pyrrole nitrogens is 1. The monoisotopic (exact) mass is 944 g/mol. The third-order valence-corrected chi connectivity index (χ3v) is 12.4. The van der Waals surface area contributed by atoms with Gasteiger partial charge in [0, 0.05) is 11.9 Å². The summed E-state index contributed by atoms with van der Waals surface area (Å²) in [5.74, 6) is 0. The van der Waals surface area contributed by atoms with Gasteiger partial charge in [0.15, 0.2) is 0 Å². The molecule has 0 spiro atoms. The van der Waals surface area contributed by atoms with E-state index in [1.54, 1.807) is 23.8 Å². The van der Waals surface area contributed by atoms with Gasteiger partial charge in [-0.2, -0.15) is 0 Å². The van der Waals surface area contributed by atoms with Crippen molar-refractivity contribution in [2.75, 3.05) is 18.5 Å². The standard InChI is InChI=1S/C23H32N2O6.C15H20N2O6.C8H13Br/c1-14-10-17-18(11-15(14)2)25(12-19(27)21(29)20(28)13-26)23(31)22(30)24(17)9-8-16-6-4-3-5-7-16;1-7-3-9-10(4-8(7)2)17(15(23)14(22)16-9)5-11(19)13(21)12(20)6-18;9-7-6-8-4-2-1-3-5-8/h8,10-11,19-21,26-29H,3-7,9,12-13H2,1-2H3;3-4,11-13,18-21H,5-6H2,1-2H3,(H,16,22);6H,1-5,7H2/t19-,20+,21-;11-,12+,13-;/m00./s1. The predicted molar refractivity (Wildman–Crippen MR) is 247 cm³/mol. The highest BCUT2D eigenvalue weighted by Gasteiger charge is 2.27. The summed E-state index contributed by atoms with van der Waals surface area (Å²) in [4.78, 5) is 52.3. The number of aryl methyl sites for hydroxylation is 4. The van der Waals surface area contributed by atoms with Crippen LogP contribution in [-0.4, -0.2) is 115 Å². The molecule has 4 aromatic rings. The number of rotatable bonds is 13. The molecule has 2 fully saturated rings. The minimum absolute atomic E-state index is 0.303. The van der Waals surface area contributed by atoms with Gasteiger partial charge in [-0.1, -0.05) is 52.1 Å². The van der Waals surface area contributed by atoms with Gasteiger partial charge >= 0.3 is 22.2 Å². The maximum Gasteiger partial charge on any atom is 0.317 e. The molecule has 2 aromatic heterocycles. The fourth-order valence-electron chi connectivity index (χ4n) is 7.81. The number of alkyl halides is 1. The number of hydrogen-bond donors (Lipinski definition) is 9. The number of nitrogens with zero attached hydrogens (tertiary/aromatic N) is 3. The lowest BCUT2D eigenvalue weighted by Gasteiger charge is -2.23. The minimum Gasteiger partial charge on any atom is -0.394 e. The second kappa shape index (κ2) is 24.3. The third kappa shape index (κ3) is 13.5. The fraction of sp³-hybridized carbons (Fsp3) is 0.565. The molecule has 17 heteroatoms. The van der Waals surface area contributed by atoms with Crippen molar-refractivity contribution < 1.29 is 40.9 Å². The van der Waals surface area contributed by atoms with E-state index in [1.165, 1.54) is 48.7 Å². The van der Waals surface area contributed by atoms with Crippen molar-refractivity contribution in [3.63, 3.8) is 0 Å². The van der Waals surface area contributed by atoms with Gasteiger partial charge < -0.3 is 45.8 Å². The normalized spacial score (nSPS) is 17.2. The zero-order valence-corrected chi connectivity index (χ0v) is 38.3. The Kier molecular flexibility index (Phi) is 19.9. The van der Waals surface area contributed by atoms with Crippen LogP contribution >= 0.6 is 15.9 Å². The number of nitrogens with one attached hydrogen (secondary N) is 1. The van der Waals surface area contributed by atoms with Gasteiger partial charge in [-0.05, 0) is 126 Å². The average Bonchev–Trinajstić information content (AvgIpc) is 3.28. The van der Waals surface area contributed by atoms with Crippen LogP contribution in [0.1, 0.15) is 86.5 Å². The van der Waals surface area contributed by atoms with Gasteiger partial charge in [-0.3, -0.25) is 32.9 Å². The van der Waals surface area contributed by atoms with Crippen LogP contribution in [0.5, 0.6) is 0 Å². The number of benzene rings is 2. The molecule has 63 heavy (non-hydrogen) atoms. The van der Waals surface area contributed by atoms with E-state index in [-0.39, 0.29) is 13.1 Å². The zero-order valence-electron chi connectivity index (χ0n) is 36.7. The summed E-state index contributed by atoms with van der Waals surface area (Å²) in [6.07, 6.45) is 7.40. The first-order valence-electron chi connectivity index (χ1n) is 21.6. The lowest BCUT2D eigenvalue weighted by molar-refractivity contribution is -0.0805. The lowest BCUT2D eigenvalue weighted by atomic mass is 9.95. The summed E-state index contributed by atoms with van der Waals surface area (Å²) >= 11 is 3.41. The van der Waals surface area contributed by atoms with Gasteiger partial charge in [-0.25, -0.2) is 0 Å². The summed E-state index contributed by atoms with van der Waals surface area (Å²) in [6, 6.07) is 7.06. The first kappa shape index (κ1) is 51.6. The number of hydrogen-bond acceptors (Lipinski definition) is 12. The van der Waals surface area contributed by atoms with Crippen LogP contribution < -0.4 is 22.2 Å². The predicted octanol–water partition coefficient (Wildman–Crippen LogP) is 2.40. The molecule has 0 amide bonds. The van der Waals surface area contributed by atoms with Gasteiger partial charge in [0.2, 0.25) is 0 Å². The highest BCUT2D eigenvalue weighted by atomic mass is 79.9. The molecule has 2 saturated carbocycles. The van der Waals surface area contributed by atoms with Gasteiger partial charge in [-0.15, -0.1) is 0 Å². The molecule has 0 aliphatic heterocycles. The summed E-state index contributed by atoms with van der Waals surface area (Å²) in [5.41, 5.74) is 5.33. The van der Waals surface area contributed by atoms with E-state index in [2.05, 4.69) is 27.0 Å². The van der Waals surface area contributed by atoms with Crippen molar-refractivity contribution >= 4 is 38.0 Å². The Labute approximate surface area is 374 Å². The first-order valence-corrected chi connectivity index (χ1v) is 22.8. The third-order valence-electron chi connectivity index (χ3n) is 12.0. The number of allylic oxidation sites excluding steroid dienone is 4. The average molecular weight is 946 g/mol. The molecule has 9 N–H and O–H groups in total. The van der Waals surface area contributed by atoms with Crippen molar-refractivity contribution in [3.05, 3.63) is 111 Å². The van der Waals surface area contributed by atoms with E-state index in [0.29, 0.717) is 28.6 Å². The van der Waals surface area contributed by atoms with E-state index in [9.17, 15) is 49.8 Å². The number of fused-ring (bicyclic) bond motifs is 2. The Morgan fingerprint density at radius 1 is 0.556 bits per heavy atom. The summed E-state index contributed by atoms with van der Waals surface area (Å²) in [5, 5.41) is 77.9. The molecule has 0 radical (unpaired) electrons. The van der Waals surface area contributed by atoms with E-state index >= 15 is 0 Å². The number of aromatic nitrogens is 4. The highest BCUT2D eigenvalue weighted by Crippen LogP contribution is 2.25. The fourth-order valence-corrected chi connectivity index (χ4v) is 8.27. The van der Waals surface area contributed by atoms with Crippen LogP contribution in [0, 0.1) is 27.7 Å². The lowest BCUT2D eigenvalue weighted by Crippen LogP contribution is -2.47. The number of aromatic amines is 1. The molecule has 16 nitrogen and oxygen atoms in total. The van der Waals surface area contributed by atoms with Crippen molar-refractivity contribution in [3.8, 4) is 0 Å². The Hall–Kier alpha value is -4.04. The largest absolute Gasteiger partial charge is 0.394 e. The summed E-state index contributed by atoms with van der Waals surface area (Å²) < 4.78 is 3.67. The topological polar surface area (TPSA) is 261 Å². The van der Waals surface area contributed by atoms with Gasteiger partial charge in [0.1, 0.15) is 36.6 Å². The first-order chi connectivity index (χ1) is 29.9. The number of aliphatic hydroxyl groups is 8. The van der Waals surface area contributed by atoms with Gasteiger partial charge in [0.05, 0.1) is 48.4 Å². The van der Waals surface area contributed by atoms with Crippen LogP contribution in [0.4, 0.5) is 0 Å². The Morgan fingerprint density at radius 2 is 0.952 bits per heavy atom. The number of halogens is 1. The second-order valence-electron chi connectivity index (χ2n) is 16.7. The molecule has 0 bridgehead atoms. The molecule has 348 valence electrons. The quantitative estimate of drug-likeness (QED) is 0.0532. The highest BCUT2D eigenvalue weighted by molar-refractivity contribution is 9.09. The molecule has 2 heterocycles. The maximum atomic E-state index is 13.0. The van der Waals surface area contributed by atoms with Crippen LogP contribution in [-0.2, 0) is 19.6 Å². The molecule has 0 saturated heterocycles. The van der Waals surface area contributed by atoms with E-state index in [1.807, 2.05) is 39.8 Å². The van der Waals surface area contributed by atoms with Crippen molar-refractivity contribution in [2.24, 2.45) is 0 Å². The molecular weight excluding hydrogens is 880 g/mol. The van der Waals surface area contributed by atoms with Gasteiger partial charge in [0.25, 0.3) is 0 Å². The molecule has 2 aliphatic carbocycles.